The van der Waals surface area contributed by atoms with Crippen LogP contribution in [0.15, 0.2) is 71.6 Å². The lowest BCUT2D eigenvalue weighted by molar-refractivity contribution is 0.238. The van der Waals surface area contributed by atoms with E-state index >= 15 is 0 Å². The van der Waals surface area contributed by atoms with Gasteiger partial charge in [0.2, 0.25) is 0 Å². The molecule has 2 aliphatic carbocycles. The van der Waals surface area contributed by atoms with Gasteiger partial charge in [0.1, 0.15) is 11.5 Å². The quantitative estimate of drug-likeness (QED) is 0.131. The lowest BCUT2D eigenvalue weighted by Gasteiger charge is -2.36. The zero-order valence-corrected chi connectivity index (χ0v) is 26.6. The Morgan fingerprint density at radius 1 is 1.07 bits per heavy atom. The van der Waals surface area contributed by atoms with Crippen molar-refractivity contribution in [2.75, 3.05) is 0 Å². The average molecular weight is 580 g/mol. The summed E-state index contributed by atoms with van der Waals surface area (Å²) in [5.74, 6) is 1.58. The number of aliphatic imine (C=N–C) groups is 1. The molecule has 3 aromatic rings. The minimum Gasteiger partial charge on any atom is -0.319 e. The number of rotatable bonds is 12. The van der Waals surface area contributed by atoms with Crippen molar-refractivity contribution in [2.24, 2.45) is 15.9 Å². The van der Waals surface area contributed by atoms with Gasteiger partial charge in [0.25, 0.3) is 0 Å². The van der Waals surface area contributed by atoms with Crippen molar-refractivity contribution in [3.8, 4) is 11.1 Å². The molecule has 0 aliphatic heterocycles. The van der Waals surface area contributed by atoms with Gasteiger partial charge in [0, 0.05) is 23.7 Å². The Kier molecular flexibility index (Phi) is 11.5. The molecule has 0 spiro atoms. The molecule has 0 radical (unpaired) electrons. The molecule has 1 aromatic heterocycles. The second-order valence-electron chi connectivity index (χ2n) is 12.4. The van der Waals surface area contributed by atoms with Crippen LogP contribution in [0, 0.1) is 11.8 Å². The molecule has 5 rings (SSSR count). The molecule has 2 N–H and O–H groups in total. The number of nitroso groups, excluding NO2 is 1. The van der Waals surface area contributed by atoms with Crippen molar-refractivity contribution in [1.29, 1.82) is 0 Å². The molecule has 0 saturated heterocycles. The third-order valence-electron chi connectivity index (χ3n) is 9.10. The van der Waals surface area contributed by atoms with Crippen LogP contribution in [0.5, 0.6) is 0 Å². The largest absolute Gasteiger partial charge is 0.319 e. The monoisotopic (exact) mass is 579 g/mol. The van der Waals surface area contributed by atoms with E-state index in [9.17, 15) is 4.91 Å². The number of nitrogens with two attached hydrogens (primary N) is 1. The summed E-state index contributed by atoms with van der Waals surface area (Å²) in [5, 5.41) is 3.40. The molecule has 2 saturated carbocycles. The maximum Gasteiger partial charge on any atom is 0.148 e. The fraction of sp³-hybridized carbons (Fsp3) is 0.486. The molecule has 0 amide bonds. The van der Waals surface area contributed by atoms with E-state index in [2.05, 4.69) is 73.7 Å². The van der Waals surface area contributed by atoms with Crippen LogP contribution >= 0.6 is 0 Å². The van der Waals surface area contributed by atoms with Gasteiger partial charge in [0.05, 0.1) is 11.2 Å². The van der Waals surface area contributed by atoms with Gasteiger partial charge < -0.3 is 5.73 Å². The summed E-state index contributed by atoms with van der Waals surface area (Å²) in [6.45, 7) is 12.1. The van der Waals surface area contributed by atoms with Crippen molar-refractivity contribution < 1.29 is 0 Å². The van der Waals surface area contributed by atoms with E-state index in [0.717, 1.165) is 85.1 Å². The maximum atomic E-state index is 11.7. The third kappa shape index (κ3) is 7.91. The Labute approximate surface area is 258 Å². The van der Waals surface area contributed by atoms with Crippen LogP contribution in [0.25, 0.3) is 11.1 Å². The molecule has 43 heavy (non-hydrogen) atoms. The second kappa shape index (κ2) is 15.3. The van der Waals surface area contributed by atoms with E-state index in [4.69, 9.17) is 10.7 Å². The predicted molar refractivity (Wildman–Crippen MR) is 181 cm³/mol. The molecule has 6 nitrogen and oxygen atoms in total. The highest BCUT2D eigenvalue weighted by Crippen LogP contribution is 2.44. The van der Waals surface area contributed by atoms with Gasteiger partial charge in [-0.3, -0.25) is 4.99 Å². The molecule has 1 heterocycles. The first-order valence-electron chi connectivity index (χ1n) is 16.2. The standard InChI is InChI=1S/C33H41N5O.C4H8/c1-4-8-27(15-13-22(2)31-28(24-9-5-10-24)11-6-12-30(31)38-39)37-29-16-14-25(19-23(29)3)26-20-35-32(36-21-26)33(34)17-7-18-33;1-3-4-2/h6,11-12,14,16,19-22,24H,4-5,7-10,13,15,17-18,34H2,1-3H3;3H,1,4H2,2H3/t22-;/m1./s1. The minimum absolute atomic E-state index is 0.260. The lowest BCUT2D eigenvalue weighted by atomic mass is 9.75. The zero-order chi connectivity index (χ0) is 30.8. The molecule has 0 bridgehead atoms. The maximum absolute atomic E-state index is 11.7. The first-order chi connectivity index (χ1) is 20.8. The predicted octanol–water partition coefficient (Wildman–Crippen LogP) is 10.5. The van der Waals surface area contributed by atoms with Gasteiger partial charge >= 0.3 is 0 Å². The number of hydrogen-bond acceptors (Lipinski definition) is 6. The fourth-order valence-corrected chi connectivity index (χ4v) is 5.96. The van der Waals surface area contributed by atoms with Crippen LogP contribution in [-0.2, 0) is 5.54 Å². The number of benzene rings is 2. The van der Waals surface area contributed by atoms with E-state index in [0.29, 0.717) is 11.6 Å². The van der Waals surface area contributed by atoms with Gasteiger partial charge in [-0.2, -0.15) is 0 Å². The normalized spacial score (nSPS) is 16.7. The number of allylic oxidation sites excluding steroid dienone is 1. The Hall–Kier alpha value is -3.51. The SMILES string of the molecule is C=CCC.CCCC(CC[C@@H](C)c1c(N=O)cccc1C1CCC1)=Nc1ccc(-c2cnc(C3(N)CCC3)nc2)cc1C. The molecule has 1 atom stereocenters. The summed E-state index contributed by atoms with van der Waals surface area (Å²) in [7, 11) is 0. The van der Waals surface area contributed by atoms with Crippen molar-refractivity contribution in [2.45, 2.75) is 116 Å². The first-order valence-corrected chi connectivity index (χ1v) is 16.2. The zero-order valence-electron chi connectivity index (χ0n) is 26.6. The summed E-state index contributed by atoms with van der Waals surface area (Å²) in [5.41, 5.74) is 14.6. The van der Waals surface area contributed by atoms with Gasteiger partial charge in [-0.1, -0.05) is 57.9 Å². The highest BCUT2D eigenvalue weighted by Gasteiger charge is 2.37. The van der Waals surface area contributed by atoms with Crippen molar-refractivity contribution in [3.63, 3.8) is 0 Å². The van der Waals surface area contributed by atoms with Crippen LogP contribution < -0.4 is 5.73 Å². The van der Waals surface area contributed by atoms with Gasteiger partial charge in [-0.05, 0) is 122 Å². The fourth-order valence-electron chi connectivity index (χ4n) is 5.96. The Balaban J connectivity index is 0.000000996. The van der Waals surface area contributed by atoms with Crippen LogP contribution in [0.2, 0.25) is 0 Å². The van der Waals surface area contributed by atoms with Crippen molar-refractivity contribution >= 4 is 17.1 Å². The second-order valence-corrected chi connectivity index (χ2v) is 12.4. The molecule has 0 unspecified atom stereocenters. The number of nitrogens with zero attached hydrogens (tertiary/aromatic N) is 4. The smallest absolute Gasteiger partial charge is 0.148 e. The third-order valence-corrected chi connectivity index (χ3v) is 9.10. The molecular formula is C37H49N5O. The van der Waals surface area contributed by atoms with Crippen LogP contribution in [-0.4, -0.2) is 15.7 Å². The molecular weight excluding hydrogens is 530 g/mol. The first kappa shape index (κ1) is 32.4. The van der Waals surface area contributed by atoms with Gasteiger partial charge in [-0.25, -0.2) is 9.97 Å². The number of aromatic nitrogens is 2. The molecule has 6 heteroatoms. The Morgan fingerprint density at radius 2 is 1.79 bits per heavy atom. The van der Waals surface area contributed by atoms with E-state index in [1.807, 2.05) is 30.6 Å². The van der Waals surface area contributed by atoms with Gasteiger partial charge in [-0.15, -0.1) is 11.5 Å². The topological polar surface area (TPSA) is 93.6 Å². The molecule has 2 aromatic carbocycles. The van der Waals surface area contributed by atoms with Crippen LogP contribution in [0.4, 0.5) is 11.4 Å². The summed E-state index contributed by atoms with van der Waals surface area (Å²) in [4.78, 5) is 26.0. The highest BCUT2D eigenvalue weighted by molar-refractivity contribution is 5.87. The average Bonchev–Trinajstić information content (AvgIpc) is 2.98. The Bertz CT molecular complexity index is 1400. The molecule has 2 aliphatic rings. The summed E-state index contributed by atoms with van der Waals surface area (Å²) in [6, 6.07) is 12.4. The highest BCUT2D eigenvalue weighted by atomic mass is 16.3. The van der Waals surface area contributed by atoms with Crippen molar-refractivity contribution in [3.05, 3.63) is 88.9 Å². The number of aryl methyl sites for hydroxylation is 1. The summed E-state index contributed by atoms with van der Waals surface area (Å²) >= 11 is 0. The van der Waals surface area contributed by atoms with E-state index in [-0.39, 0.29) is 11.5 Å². The van der Waals surface area contributed by atoms with E-state index < -0.39 is 0 Å². The van der Waals surface area contributed by atoms with Crippen LogP contribution in [0.3, 0.4) is 0 Å². The minimum atomic E-state index is -0.342. The molecule has 2 fully saturated rings. The van der Waals surface area contributed by atoms with E-state index in [1.165, 1.54) is 30.5 Å². The summed E-state index contributed by atoms with van der Waals surface area (Å²) < 4.78 is 0. The van der Waals surface area contributed by atoms with Crippen molar-refractivity contribution in [1.82, 2.24) is 9.97 Å². The number of hydrogen-bond donors (Lipinski definition) is 1. The van der Waals surface area contributed by atoms with Gasteiger partial charge in [0.15, 0.2) is 0 Å². The molecule has 228 valence electrons. The summed E-state index contributed by atoms with van der Waals surface area (Å²) in [6.07, 6.45) is 17.4. The lowest BCUT2D eigenvalue weighted by Crippen LogP contribution is -2.44. The van der Waals surface area contributed by atoms with Crippen LogP contribution in [0.1, 0.15) is 126 Å². The van der Waals surface area contributed by atoms with E-state index in [1.54, 1.807) is 0 Å². The Morgan fingerprint density at radius 3 is 2.33 bits per heavy atom.